The zero-order valence-electron chi connectivity index (χ0n) is 17.3. The number of hydrogen-bond acceptors (Lipinski definition) is 4. The first-order valence-corrected chi connectivity index (χ1v) is 10.4. The average molecular weight is 431 g/mol. The van der Waals surface area contributed by atoms with Crippen molar-refractivity contribution < 1.29 is 19.1 Å². The van der Waals surface area contributed by atoms with E-state index in [1.807, 2.05) is 31.2 Å². The van der Waals surface area contributed by atoms with Gasteiger partial charge in [-0.1, -0.05) is 48.0 Å². The van der Waals surface area contributed by atoms with Crippen LogP contribution in [0.2, 0.25) is 0 Å². The summed E-state index contributed by atoms with van der Waals surface area (Å²) in [5.74, 6) is -1.89. The monoisotopic (exact) mass is 431 g/mol. The molecule has 4 unspecified atom stereocenters. The minimum atomic E-state index is -1.04. The van der Waals surface area contributed by atoms with Crippen molar-refractivity contribution in [3.05, 3.63) is 101 Å². The van der Waals surface area contributed by atoms with E-state index < -0.39 is 18.1 Å². The SMILES string of the molecule is Cc1ccc(C2NNC3C(=O)N(c4ccc(C(=O)O)cc4)C(c4ccccc4F)C32)cc1. The molecule has 6 nitrogen and oxygen atoms in total. The third kappa shape index (κ3) is 3.26. The summed E-state index contributed by atoms with van der Waals surface area (Å²) in [7, 11) is 0. The van der Waals surface area contributed by atoms with Crippen LogP contribution in [0.5, 0.6) is 0 Å². The van der Waals surface area contributed by atoms with E-state index in [4.69, 9.17) is 0 Å². The van der Waals surface area contributed by atoms with Crippen molar-refractivity contribution >= 4 is 17.6 Å². The number of fused-ring (bicyclic) bond motifs is 1. The van der Waals surface area contributed by atoms with Crippen LogP contribution in [0, 0.1) is 18.7 Å². The van der Waals surface area contributed by atoms with Crippen LogP contribution >= 0.6 is 0 Å². The molecular formula is C25H22FN3O3. The summed E-state index contributed by atoms with van der Waals surface area (Å²) in [6, 6.07) is 19.4. The Bertz CT molecular complexity index is 1180. The lowest BCUT2D eigenvalue weighted by atomic mass is 9.83. The van der Waals surface area contributed by atoms with Crippen molar-refractivity contribution in [3.8, 4) is 0 Å². The number of hydrogen-bond donors (Lipinski definition) is 3. The number of carbonyl (C=O) groups is 2. The van der Waals surface area contributed by atoms with Gasteiger partial charge >= 0.3 is 5.97 Å². The first-order valence-electron chi connectivity index (χ1n) is 10.4. The summed E-state index contributed by atoms with van der Waals surface area (Å²) in [6.07, 6.45) is 0. The van der Waals surface area contributed by atoms with Gasteiger partial charge in [-0.2, -0.15) is 0 Å². The molecule has 2 saturated heterocycles. The largest absolute Gasteiger partial charge is 0.478 e. The summed E-state index contributed by atoms with van der Waals surface area (Å²) in [6.45, 7) is 2.01. The van der Waals surface area contributed by atoms with Crippen molar-refractivity contribution in [2.45, 2.75) is 25.0 Å². The van der Waals surface area contributed by atoms with Crippen LogP contribution in [0.4, 0.5) is 10.1 Å². The van der Waals surface area contributed by atoms with Gasteiger partial charge in [-0.3, -0.25) is 4.79 Å². The molecule has 162 valence electrons. The maximum Gasteiger partial charge on any atom is 0.335 e. The molecule has 3 aromatic carbocycles. The van der Waals surface area contributed by atoms with Gasteiger partial charge in [0.1, 0.15) is 11.9 Å². The summed E-state index contributed by atoms with van der Waals surface area (Å²) in [4.78, 5) is 26.4. The molecule has 2 aliphatic heterocycles. The molecule has 2 fully saturated rings. The second-order valence-corrected chi connectivity index (χ2v) is 8.26. The second-order valence-electron chi connectivity index (χ2n) is 8.26. The fourth-order valence-corrected chi connectivity index (χ4v) is 4.81. The molecule has 0 aromatic heterocycles. The number of amides is 1. The third-order valence-corrected chi connectivity index (χ3v) is 6.36. The molecule has 3 N–H and O–H groups in total. The lowest BCUT2D eigenvalue weighted by Crippen LogP contribution is -2.41. The predicted octanol–water partition coefficient (Wildman–Crippen LogP) is 3.75. The Morgan fingerprint density at radius 2 is 1.59 bits per heavy atom. The van der Waals surface area contributed by atoms with Crippen LogP contribution in [0.25, 0.3) is 0 Å². The Labute approximate surface area is 184 Å². The van der Waals surface area contributed by atoms with Gasteiger partial charge in [-0.05, 0) is 42.8 Å². The normalized spacial score (nSPS) is 24.6. The van der Waals surface area contributed by atoms with E-state index >= 15 is 4.39 Å². The molecule has 5 rings (SSSR count). The predicted molar refractivity (Wildman–Crippen MR) is 117 cm³/mol. The summed E-state index contributed by atoms with van der Waals surface area (Å²) < 4.78 is 15.0. The van der Waals surface area contributed by atoms with E-state index in [2.05, 4.69) is 10.9 Å². The smallest absolute Gasteiger partial charge is 0.335 e. The molecule has 1 amide bonds. The highest BCUT2D eigenvalue weighted by atomic mass is 19.1. The third-order valence-electron chi connectivity index (χ3n) is 6.36. The highest BCUT2D eigenvalue weighted by molar-refractivity contribution is 6.01. The number of halogens is 1. The van der Waals surface area contributed by atoms with Crippen molar-refractivity contribution in [1.29, 1.82) is 0 Å². The van der Waals surface area contributed by atoms with Gasteiger partial charge in [0.25, 0.3) is 0 Å². The average Bonchev–Trinajstić information content (AvgIpc) is 3.34. The molecule has 4 atom stereocenters. The lowest BCUT2D eigenvalue weighted by molar-refractivity contribution is -0.119. The summed E-state index contributed by atoms with van der Waals surface area (Å²) in [5.41, 5.74) is 9.59. The number of hydrazine groups is 1. The number of rotatable bonds is 4. The minimum absolute atomic E-state index is 0.125. The molecule has 2 heterocycles. The molecule has 0 aliphatic carbocycles. The highest BCUT2D eigenvalue weighted by Gasteiger charge is 2.56. The first-order chi connectivity index (χ1) is 15.5. The van der Waals surface area contributed by atoms with Crippen LogP contribution in [0.1, 0.15) is 39.1 Å². The van der Waals surface area contributed by atoms with E-state index in [0.717, 1.165) is 11.1 Å². The summed E-state index contributed by atoms with van der Waals surface area (Å²) in [5, 5.41) is 9.22. The molecule has 7 heteroatoms. The Kier molecular flexibility index (Phi) is 5.00. The van der Waals surface area contributed by atoms with Crippen molar-refractivity contribution in [3.63, 3.8) is 0 Å². The standard InChI is InChI=1S/C25H22FN3O3/c1-14-6-8-15(9-7-14)21-20-22(28-27-21)24(30)29(17-12-10-16(11-13-17)25(31)32)23(20)18-4-2-3-5-19(18)26/h2-13,20-23,27-28H,1H3,(H,31,32). The van der Waals surface area contributed by atoms with E-state index in [0.29, 0.717) is 11.3 Å². The highest BCUT2D eigenvalue weighted by Crippen LogP contribution is 2.49. The number of nitrogens with one attached hydrogen (secondary N) is 2. The van der Waals surface area contributed by atoms with Crippen LogP contribution in [-0.2, 0) is 4.79 Å². The molecule has 0 radical (unpaired) electrons. The lowest BCUT2D eigenvalue weighted by Gasteiger charge is -2.31. The van der Waals surface area contributed by atoms with Gasteiger partial charge in [-0.15, -0.1) is 0 Å². The molecule has 2 aliphatic rings. The zero-order chi connectivity index (χ0) is 22.4. The Morgan fingerprint density at radius 1 is 0.938 bits per heavy atom. The molecule has 0 spiro atoms. The molecular weight excluding hydrogens is 409 g/mol. The van der Waals surface area contributed by atoms with Gasteiger partial charge in [-0.25, -0.2) is 20.0 Å². The maximum atomic E-state index is 15.0. The van der Waals surface area contributed by atoms with Gasteiger partial charge in [0, 0.05) is 17.2 Å². The van der Waals surface area contributed by atoms with E-state index in [1.54, 1.807) is 35.2 Å². The minimum Gasteiger partial charge on any atom is -0.478 e. The number of nitrogens with zero attached hydrogens (tertiary/aromatic N) is 1. The number of anilines is 1. The van der Waals surface area contributed by atoms with Crippen LogP contribution in [0.3, 0.4) is 0 Å². The van der Waals surface area contributed by atoms with Crippen molar-refractivity contribution in [1.82, 2.24) is 10.9 Å². The number of aromatic carboxylic acids is 1. The van der Waals surface area contributed by atoms with Gasteiger partial charge in [0.05, 0.1) is 17.6 Å². The van der Waals surface area contributed by atoms with Gasteiger partial charge in [0.15, 0.2) is 0 Å². The van der Waals surface area contributed by atoms with E-state index in [1.165, 1.54) is 18.2 Å². The van der Waals surface area contributed by atoms with Gasteiger partial charge < -0.3 is 10.0 Å². The number of carboxylic acid groups (broad SMARTS) is 1. The molecule has 32 heavy (non-hydrogen) atoms. The maximum absolute atomic E-state index is 15.0. The zero-order valence-corrected chi connectivity index (χ0v) is 17.3. The number of carbonyl (C=O) groups excluding carboxylic acids is 1. The number of aryl methyl sites for hydroxylation is 1. The second kappa shape index (κ2) is 7.85. The number of carboxylic acids is 1. The van der Waals surface area contributed by atoms with Crippen molar-refractivity contribution in [2.24, 2.45) is 5.92 Å². The fourth-order valence-electron chi connectivity index (χ4n) is 4.81. The van der Waals surface area contributed by atoms with E-state index in [-0.39, 0.29) is 29.2 Å². The molecule has 3 aromatic rings. The van der Waals surface area contributed by atoms with Crippen LogP contribution in [0.15, 0.2) is 72.8 Å². The molecule has 0 saturated carbocycles. The van der Waals surface area contributed by atoms with Crippen molar-refractivity contribution in [2.75, 3.05) is 4.90 Å². The Hall–Kier alpha value is -3.55. The van der Waals surface area contributed by atoms with Crippen LogP contribution < -0.4 is 15.8 Å². The topological polar surface area (TPSA) is 81.7 Å². The Balaban J connectivity index is 1.62. The Morgan fingerprint density at radius 3 is 2.25 bits per heavy atom. The van der Waals surface area contributed by atoms with E-state index in [9.17, 15) is 14.7 Å². The summed E-state index contributed by atoms with van der Waals surface area (Å²) >= 11 is 0. The molecule has 0 bridgehead atoms. The fraction of sp³-hybridized carbons (Fsp3) is 0.200. The first kappa shape index (κ1) is 20.4. The number of benzene rings is 3. The van der Waals surface area contributed by atoms with Gasteiger partial charge in [0.2, 0.25) is 5.91 Å². The van der Waals surface area contributed by atoms with Crippen LogP contribution in [-0.4, -0.2) is 23.0 Å². The quantitative estimate of drug-likeness (QED) is 0.586.